The number of hydrogen-bond acceptors (Lipinski definition) is 5. The Morgan fingerprint density at radius 1 is 0.500 bits per heavy atom. The second-order valence-electron chi connectivity index (χ2n) is 24.7. The van der Waals surface area contributed by atoms with Crippen LogP contribution in [0.15, 0.2) is 182 Å². The Balaban J connectivity index is 1.02. The van der Waals surface area contributed by atoms with E-state index in [2.05, 4.69) is 219 Å². The molecule has 0 saturated carbocycles. The predicted molar refractivity (Wildman–Crippen MR) is 326 cm³/mol. The first-order valence-electron chi connectivity index (χ1n) is 29.0. The summed E-state index contributed by atoms with van der Waals surface area (Å²) in [4.78, 5) is 9.55. The van der Waals surface area contributed by atoms with Crippen LogP contribution in [0.3, 0.4) is 0 Å². The van der Waals surface area contributed by atoms with Crippen molar-refractivity contribution in [3.05, 3.63) is 204 Å². The highest BCUT2D eigenvalue weighted by Crippen LogP contribution is 2.53. The van der Waals surface area contributed by atoms with Crippen molar-refractivity contribution in [2.24, 2.45) is 0 Å². The van der Waals surface area contributed by atoms with E-state index in [0.717, 1.165) is 61.7 Å². The Labute approximate surface area is 460 Å². The lowest BCUT2D eigenvalue weighted by atomic mass is 9.77. The van der Waals surface area contributed by atoms with Gasteiger partial charge < -0.3 is 14.5 Å². The fraction of sp³-hybridized carbons (Fsp3) is 0.243. The number of ether oxygens (including phenoxy) is 1. The van der Waals surface area contributed by atoms with Crippen LogP contribution in [0.1, 0.15) is 112 Å². The topological polar surface area (TPSA) is 33.5 Å². The van der Waals surface area contributed by atoms with Gasteiger partial charge in [0.2, 0.25) is 0 Å². The maximum absolute atomic E-state index is 9.50. The molecule has 0 atom stereocenters. The van der Waals surface area contributed by atoms with E-state index in [1.54, 1.807) is 0 Å². The van der Waals surface area contributed by atoms with Gasteiger partial charge >= 0.3 is 0 Å². The minimum absolute atomic E-state index is 0.0820. The Bertz CT molecular complexity index is 4310. The van der Waals surface area contributed by atoms with Crippen molar-refractivity contribution in [1.29, 1.82) is 0 Å². The van der Waals surface area contributed by atoms with Crippen LogP contribution in [0, 0.1) is 0 Å². The summed E-state index contributed by atoms with van der Waals surface area (Å²) >= 11 is 1.83. The molecule has 5 nitrogen and oxygen atoms in total. The van der Waals surface area contributed by atoms with Gasteiger partial charge in [-0.15, -0.1) is 11.3 Å². The second kappa shape index (κ2) is 18.0. The van der Waals surface area contributed by atoms with E-state index in [1.807, 2.05) is 41.8 Å². The molecule has 0 N–H and O–H groups in total. The molecule has 11 aromatic rings. The number of aromatic nitrogens is 2. The number of hydrogen-bond donors (Lipinski definition) is 0. The molecule has 380 valence electrons. The van der Waals surface area contributed by atoms with E-state index in [4.69, 9.17) is 13.8 Å². The summed E-state index contributed by atoms with van der Waals surface area (Å²) in [5.41, 5.74) is 12.0. The molecule has 0 amide bonds. The Morgan fingerprint density at radius 3 is 1.82 bits per heavy atom. The van der Waals surface area contributed by atoms with Gasteiger partial charge in [-0.3, -0.25) is 4.57 Å². The summed E-state index contributed by atoms with van der Waals surface area (Å²) in [5.74, 6) is 2.20. The van der Waals surface area contributed by atoms with Crippen molar-refractivity contribution in [2.45, 2.75) is 105 Å². The zero-order valence-corrected chi connectivity index (χ0v) is 46.6. The number of fused-ring (bicyclic) bond motifs is 8. The Hall–Kier alpha value is -7.67. The van der Waals surface area contributed by atoms with Crippen LogP contribution in [0.2, 0.25) is 0 Å². The fourth-order valence-corrected chi connectivity index (χ4v) is 12.1. The van der Waals surface area contributed by atoms with E-state index >= 15 is 0 Å². The van der Waals surface area contributed by atoms with Gasteiger partial charge in [-0.1, -0.05) is 174 Å². The van der Waals surface area contributed by atoms with E-state index in [9.17, 15) is 2.74 Å². The van der Waals surface area contributed by atoms with Crippen molar-refractivity contribution < 1.29 is 11.6 Å². The number of thiophene rings is 1. The Kier molecular flexibility index (Phi) is 10.3. The molecular weight excluding hydrogens is 945 g/mol. The van der Waals surface area contributed by atoms with Gasteiger partial charge in [-0.2, -0.15) is 0 Å². The van der Waals surface area contributed by atoms with Gasteiger partial charge in [-0.05, 0) is 128 Å². The molecule has 4 heterocycles. The highest BCUT2D eigenvalue weighted by molar-refractivity contribution is 7.26. The van der Waals surface area contributed by atoms with Gasteiger partial charge in [0, 0.05) is 66.1 Å². The highest BCUT2D eigenvalue weighted by atomic mass is 32.1. The largest absolute Gasteiger partial charge is 0.457 e. The molecule has 0 bridgehead atoms. The van der Waals surface area contributed by atoms with Gasteiger partial charge in [0.15, 0.2) is 0 Å². The zero-order chi connectivity index (χ0) is 57.4. The lowest BCUT2D eigenvalue weighted by Gasteiger charge is -2.31. The molecule has 0 spiro atoms. The lowest BCUT2D eigenvalue weighted by molar-refractivity contribution is 0.483. The number of nitrogens with zero attached hydrogens (tertiary/aromatic N) is 4. The van der Waals surface area contributed by atoms with Crippen LogP contribution in [0.25, 0.3) is 70.0 Å². The normalized spacial score (nSPS) is 14.3. The maximum Gasteiger partial charge on any atom is 0.137 e. The summed E-state index contributed by atoms with van der Waals surface area (Å²) in [5, 5.41) is 4.81. The maximum atomic E-state index is 9.50. The number of para-hydroxylation sites is 2. The molecule has 3 aromatic heterocycles. The minimum Gasteiger partial charge on any atom is -0.457 e. The van der Waals surface area contributed by atoms with Gasteiger partial charge in [0.25, 0.3) is 0 Å². The second-order valence-corrected chi connectivity index (χ2v) is 25.7. The quantitative estimate of drug-likeness (QED) is 0.159. The lowest BCUT2D eigenvalue weighted by Crippen LogP contribution is -2.25. The molecule has 0 fully saturated rings. The third-order valence-corrected chi connectivity index (χ3v) is 16.4. The SMILES string of the molecule is [2H]c1c([2H])c([2H])c(-c2cc(C(C)(C)C)cc(-c3cc(C(C)(C)C)cc(C(C)(C)C)c3)c2N2CN(c3cccc(Oc4ccc5c6c7sc8ccccc8c7ccc6n(-c6cc(C(C)(C)C)ccn6)c5c4)c3)c3ccccc32)c([2H])c1[2H]. The first-order chi connectivity index (χ1) is 38.3. The van der Waals surface area contributed by atoms with Crippen molar-refractivity contribution in [3.8, 4) is 39.6 Å². The highest BCUT2D eigenvalue weighted by Gasteiger charge is 2.34. The molecule has 0 radical (unpaired) electrons. The molecule has 0 saturated heterocycles. The summed E-state index contributed by atoms with van der Waals surface area (Å²) < 4.78 is 57.3. The fourth-order valence-electron chi connectivity index (χ4n) is 10.9. The molecule has 1 aliphatic rings. The van der Waals surface area contributed by atoms with Crippen molar-refractivity contribution in [3.63, 3.8) is 0 Å². The first-order valence-corrected chi connectivity index (χ1v) is 27.3. The molecule has 1 aliphatic heterocycles. The number of rotatable bonds is 7. The van der Waals surface area contributed by atoms with Crippen LogP contribution < -0.4 is 14.5 Å². The number of anilines is 4. The van der Waals surface area contributed by atoms with E-state index < -0.39 is 6.04 Å². The molecule has 0 unspecified atom stereocenters. The smallest absolute Gasteiger partial charge is 0.137 e. The molecule has 8 aromatic carbocycles. The van der Waals surface area contributed by atoms with E-state index in [0.29, 0.717) is 23.7 Å². The zero-order valence-electron chi connectivity index (χ0n) is 50.7. The summed E-state index contributed by atoms with van der Waals surface area (Å²) in [6.45, 7) is 27.0. The molecule has 12 rings (SSSR count). The molecule has 76 heavy (non-hydrogen) atoms. The number of pyridine rings is 1. The molecular formula is C70H68N4OS. The van der Waals surface area contributed by atoms with E-state index in [1.165, 1.54) is 42.2 Å². The summed E-state index contributed by atoms with van der Waals surface area (Å²) in [6, 6.07) is 49.9. The van der Waals surface area contributed by atoms with Crippen molar-refractivity contribution in [1.82, 2.24) is 9.55 Å². The van der Waals surface area contributed by atoms with Crippen LogP contribution in [0.5, 0.6) is 11.5 Å². The number of benzene rings is 8. The van der Waals surface area contributed by atoms with Crippen LogP contribution >= 0.6 is 11.3 Å². The average Bonchev–Trinajstić information content (AvgIpc) is 4.27. The third kappa shape index (κ3) is 8.71. The van der Waals surface area contributed by atoms with Crippen LogP contribution in [-0.4, -0.2) is 16.2 Å². The molecule has 0 aliphatic carbocycles. The average molecular weight is 1020 g/mol. The van der Waals surface area contributed by atoms with Gasteiger partial charge in [0.1, 0.15) is 24.0 Å². The van der Waals surface area contributed by atoms with Gasteiger partial charge in [0.05, 0.1) is 34.9 Å². The van der Waals surface area contributed by atoms with Crippen molar-refractivity contribution in [2.75, 3.05) is 16.5 Å². The van der Waals surface area contributed by atoms with Crippen LogP contribution in [0.4, 0.5) is 22.7 Å². The first kappa shape index (κ1) is 43.6. The monoisotopic (exact) mass is 1020 g/mol. The summed E-state index contributed by atoms with van der Waals surface area (Å²) in [6.07, 6.45) is 1.92. The minimum atomic E-state index is -0.422. The van der Waals surface area contributed by atoms with Gasteiger partial charge in [-0.25, -0.2) is 4.98 Å². The third-order valence-electron chi connectivity index (χ3n) is 15.2. The summed E-state index contributed by atoms with van der Waals surface area (Å²) in [7, 11) is 0. The van der Waals surface area contributed by atoms with Crippen molar-refractivity contribution >= 4 is 76.1 Å². The van der Waals surface area contributed by atoms with Crippen LogP contribution in [-0.2, 0) is 21.7 Å². The standard InChI is InChI=1S/C70H68N4OS/c1-67(2,3)46-33-34-71-63(40-46)74-60-32-31-54-53-25-16-19-28-62(53)76-66(54)64(60)55-30-29-52(42-61(55)74)75-51-24-20-23-50(41-51)72-43-73(59-27-18-17-26-58(59)72)65-56(44-21-14-13-15-22-44)38-49(70(10,11)12)39-57(65)45-35-47(68(4,5)6)37-48(36-45)69(7,8)9/h13-42H,43H2,1-12H3/i13D,14D,15D,21D,22D. The molecule has 6 heteroatoms. The predicted octanol–water partition coefficient (Wildman–Crippen LogP) is 20.1. The van der Waals surface area contributed by atoms with E-state index in [-0.39, 0.29) is 51.4 Å². The Morgan fingerprint density at radius 2 is 1.12 bits per heavy atom.